The van der Waals surface area contributed by atoms with Gasteiger partial charge in [-0.1, -0.05) is 30.7 Å². The maximum absolute atomic E-state index is 4.42. The second-order valence-electron chi connectivity index (χ2n) is 8.63. The first-order valence-corrected chi connectivity index (χ1v) is 11.2. The lowest BCUT2D eigenvalue weighted by Gasteiger charge is -2.35. The van der Waals surface area contributed by atoms with E-state index < -0.39 is 0 Å². The summed E-state index contributed by atoms with van der Waals surface area (Å²) in [7, 11) is 1.86. The zero-order valence-corrected chi connectivity index (χ0v) is 18.1. The van der Waals surface area contributed by atoms with Gasteiger partial charge in [0.1, 0.15) is 0 Å². The van der Waals surface area contributed by atoms with Crippen molar-refractivity contribution < 1.29 is 0 Å². The smallest absolute Gasteiger partial charge is 0.191 e. The fourth-order valence-corrected chi connectivity index (χ4v) is 4.27. The molecule has 0 unspecified atom stereocenters. The van der Waals surface area contributed by atoms with Crippen LogP contribution in [0.5, 0.6) is 0 Å². The Morgan fingerprint density at radius 3 is 2.25 bits per heavy atom. The molecule has 0 atom stereocenters. The zero-order valence-electron chi connectivity index (χ0n) is 18.1. The molecule has 28 heavy (non-hydrogen) atoms. The Morgan fingerprint density at radius 1 is 1.00 bits per heavy atom. The van der Waals surface area contributed by atoms with E-state index in [9.17, 15) is 0 Å². The predicted molar refractivity (Wildman–Crippen MR) is 119 cm³/mol. The predicted octanol–water partition coefficient (Wildman–Crippen LogP) is 3.21. The average molecular weight is 386 g/mol. The SMILES string of the molecule is CN=C(NCc1ccc(CN2CCCCC2)cc1)NC1CCN(C(C)C)CC1. The molecule has 0 aliphatic carbocycles. The number of piperidine rings is 2. The number of guanidine groups is 1. The number of hydrogen-bond donors (Lipinski definition) is 2. The van der Waals surface area contributed by atoms with Gasteiger partial charge in [-0.05, 0) is 63.7 Å². The van der Waals surface area contributed by atoms with Crippen molar-refractivity contribution in [2.75, 3.05) is 33.2 Å². The van der Waals surface area contributed by atoms with Gasteiger partial charge in [0.15, 0.2) is 5.96 Å². The van der Waals surface area contributed by atoms with E-state index in [1.165, 1.54) is 69.4 Å². The number of hydrogen-bond acceptors (Lipinski definition) is 3. The molecular formula is C23H39N5. The van der Waals surface area contributed by atoms with E-state index in [0.717, 1.165) is 19.0 Å². The molecule has 156 valence electrons. The van der Waals surface area contributed by atoms with Crippen LogP contribution >= 0.6 is 0 Å². The molecule has 1 aromatic rings. The number of benzene rings is 1. The van der Waals surface area contributed by atoms with Gasteiger partial charge in [-0.25, -0.2) is 0 Å². The van der Waals surface area contributed by atoms with Crippen molar-refractivity contribution in [2.24, 2.45) is 4.99 Å². The summed E-state index contributed by atoms with van der Waals surface area (Å²) in [5.74, 6) is 0.917. The highest BCUT2D eigenvalue weighted by molar-refractivity contribution is 5.79. The first-order valence-electron chi connectivity index (χ1n) is 11.2. The minimum Gasteiger partial charge on any atom is -0.354 e. The molecule has 5 nitrogen and oxygen atoms in total. The van der Waals surface area contributed by atoms with Crippen LogP contribution in [0.1, 0.15) is 57.1 Å². The molecule has 1 aromatic carbocycles. The summed E-state index contributed by atoms with van der Waals surface area (Å²) in [4.78, 5) is 9.55. The van der Waals surface area contributed by atoms with Gasteiger partial charge in [0, 0.05) is 45.3 Å². The van der Waals surface area contributed by atoms with Gasteiger partial charge in [-0.15, -0.1) is 0 Å². The molecule has 2 aliphatic heterocycles. The summed E-state index contributed by atoms with van der Waals surface area (Å²) < 4.78 is 0. The molecule has 2 aliphatic rings. The van der Waals surface area contributed by atoms with E-state index in [2.05, 4.69) is 63.5 Å². The van der Waals surface area contributed by atoms with Gasteiger partial charge in [-0.3, -0.25) is 9.89 Å². The summed E-state index contributed by atoms with van der Waals surface area (Å²) in [6.45, 7) is 11.3. The van der Waals surface area contributed by atoms with Crippen LogP contribution in [-0.4, -0.2) is 61.1 Å². The van der Waals surface area contributed by atoms with Gasteiger partial charge >= 0.3 is 0 Å². The van der Waals surface area contributed by atoms with Crippen LogP contribution in [0.15, 0.2) is 29.3 Å². The molecule has 0 bridgehead atoms. The van der Waals surface area contributed by atoms with Crippen LogP contribution in [0.3, 0.4) is 0 Å². The van der Waals surface area contributed by atoms with E-state index >= 15 is 0 Å². The first-order chi connectivity index (χ1) is 13.6. The van der Waals surface area contributed by atoms with Crippen molar-refractivity contribution in [3.8, 4) is 0 Å². The van der Waals surface area contributed by atoms with Gasteiger partial charge in [0.05, 0.1) is 0 Å². The molecule has 2 heterocycles. The molecule has 2 N–H and O–H groups in total. The summed E-state index contributed by atoms with van der Waals surface area (Å²) in [6, 6.07) is 10.2. The van der Waals surface area contributed by atoms with Gasteiger partial charge in [0.2, 0.25) is 0 Å². The molecule has 2 fully saturated rings. The van der Waals surface area contributed by atoms with Crippen molar-refractivity contribution in [1.82, 2.24) is 20.4 Å². The summed E-state index contributed by atoms with van der Waals surface area (Å²) in [5, 5.41) is 7.09. The lowest BCUT2D eigenvalue weighted by atomic mass is 10.0. The molecule has 3 rings (SSSR count). The maximum Gasteiger partial charge on any atom is 0.191 e. The Kier molecular flexibility index (Phi) is 8.16. The molecule has 0 spiro atoms. The normalized spacial score (nSPS) is 20.5. The summed E-state index contributed by atoms with van der Waals surface area (Å²) in [6.07, 6.45) is 6.47. The fourth-order valence-electron chi connectivity index (χ4n) is 4.27. The number of nitrogens with zero attached hydrogens (tertiary/aromatic N) is 3. The summed E-state index contributed by atoms with van der Waals surface area (Å²) >= 11 is 0. The number of rotatable bonds is 6. The molecular weight excluding hydrogens is 346 g/mol. The second kappa shape index (κ2) is 10.8. The molecule has 0 radical (unpaired) electrons. The van der Waals surface area contributed by atoms with E-state index in [4.69, 9.17) is 0 Å². The largest absolute Gasteiger partial charge is 0.354 e. The van der Waals surface area contributed by atoms with E-state index in [1.54, 1.807) is 0 Å². The van der Waals surface area contributed by atoms with Gasteiger partial charge in [0.25, 0.3) is 0 Å². The van der Waals surface area contributed by atoms with Crippen LogP contribution < -0.4 is 10.6 Å². The molecule has 0 amide bonds. The first kappa shape index (κ1) is 21.1. The van der Waals surface area contributed by atoms with Crippen molar-refractivity contribution >= 4 is 5.96 Å². The Morgan fingerprint density at radius 2 is 1.64 bits per heavy atom. The minimum absolute atomic E-state index is 0.521. The topological polar surface area (TPSA) is 42.9 Å². The zero-order chi connectivity index (χ0) is 19.8. The van der Waals surface area contributed by atoms with Crippen molar-refractivity contribution in [3.05, 3.63) is 35.4 Å². The van der Waals surface area contributed by atoms with E-state index in [0.29, 0.717) is 12.1 Å². The quantitative estimate of drug-likeness (QED) is 0.583. The van der Waals surface area contributed by atoms with E-state index in [-0.39, 0.29) is 0 Å². The Hall–Kier alpha value is -1.59. The maximum atomic E-state index is 4.42. The monoisotopic (exact) mass is 385 g/mol. The van der Waals surface area contributed by atoms with E-state index in [1.807, 2.05) is 7.05 Å². The number of likely N-dealkylation sites (tertiary alicyclic amines) is 2. The summed E-state index contributed by atoms with van der Waals surface area (Å²) in [5.41, 5.74) is 2.73. The Labute approximate surface area is 171 Å². The van der Waals surface area contributed by atoms with Crippen molar-refractivity contribution in [3.63, 3.8) is 0 Å². The molecule has 2 saturated heterocycles. The van der Waals surface area contributed by atoms with Crippen LogP contribution in [0.25, 0.3) is 0 Å². The van der Waals surface area contributed by atoms with Crippen LogP contribution in [0.4, 0.5) is 0 Å². The Balaban J connectivity index is 1.41. The van der Waals surface area contributed by atoms with Gasteiger partial charge < -0.3 is 15.5 Å². The van der Waals surface area contributed by atoms with Crippen molar-refractivity contribution in [1.29, 1.82) is 0 Å². The molecule has 0 aromatic heterocycles. The van der Waals surface area contributed by atoms with Crippen LogP contribution in [-0.2, 0) is 13.1 Å². The number of nitrogens with one attached hydrogen (secondary N) is 2. The van der Waals surface area contributed by atoms with Crippen molar-refractivity contribution in [2.45, 2.75) is 71.1 Å². The second-order valence-corrected chi connectivity index (χ2v) is 8.63. The van der Waals surface area contributed by atoms with Gasteiger partial charge in [-0.2, -0.15) is 0 Å². The highest BCUT2D eigenvalue weighted by Gasteiger charge is 2.21. The Bertz CT molecular complexity index is 596. The third kappa shape index (κ3) is 6.49. The number of aliphatic imine (C=N–C) groups is 1. The highest BCUT2D eigenvalue weighted by Crippen LogP contribution is 2.14. The minimum atomic E-state index is 0.521. The average Bonchev–Trinajstić information content (AvgIpc) is 2.73. The third-order valence-corrected chi connectivity index (χ3v) is 6.16. The van der Waals surface area contributed by atoms with Crippen LogP contribution in [0, 0.1) is 0 Å². The lowest BCUT2D eigenvalue weighted by molar-refractivity contribution is 0.167. The van der Waals surface area contributed by atoms with Crippen LogP contribution in [0.2, 0.25) is 0 Å². The highest BCUT2D eigenvalue weighted by atomic mass is 15.2. The lowest BCUT2D eigenvalue weighted by Crippen LogP contribution is -2.49. The molecule has 5 heteroatoms. The fraction of sp³-hybridized carbons (Fsp3) is 0.696. The third-order valence-electron chi connectivity index (χ3n) is 6.16. The molecule has 0 saturated carbocycles. The standard InChI is InChI=1S/C23H39N5/c1-19(2)28-15-11-22(12-16-28)26-23(24-3)25-17-20-7-9-21(10-8-20)18-27-13-5-4-6-14-27/h7-10,19,22H,4-6,11-18H2,1-3H3,(H2,24,25,26).